The molecule has 0 aliphatic carbocycles. The summed E-state index contributed by atoms with van der Waals surface area (Å²) in [5.74, 6) is -5.76. The van der Waals surface area contributed by atoms with Crippen molar-refractivity contribution in [3.05, 3.63) is 62.0 Å². The summed E-state index contributed by atoms with van der Waals surface area (Å²) in [4.78, 5) is 11.8. The van der Waals surface area contributed by atoms with E-state index in [1.165, 1.54) is 0 Å². The van der Waals surface area contributed by atoms with Gasteiger partial charge in [0.1, 0.15) is 22.9 Å². The molecule has 0 aliphatic heterocycles. The van der Waals surface area contributed by atoms with Crippen LogP contribution in [0.4, 0.5) is 23.2 Å². The minimum atomic E-state index is -1.29. The van der Waals surface area contributed by atoms with E-state index >= 15 is 0 Å². The Kier molecular flexibility index (Phi) is 4.67. The van der Waals surface area contributed by atoms with E-state index in [0.29, 0.717) is 0 Å². The summed E-state index contributed by atoms with van der Waals surface area (Å²) < 4.78 is 54.6. The molecule has 0 radical (unpaired) electrons. The molecule has 0 aliphatic rings. The smallest absolute Gasteiger partial charge is 0.261 e. The molecule has 8 heteroatoms. The first-order chi connectivity index (χ1) is 9.79. The second-order valence-electron chi connectivity index (χ2n) is 3.94. The van der Waals surface area contributed by atoms with E-state index in [0.717, 1.165) is 24.3 Å². The van der Waals surface area contributed by atoms with Crippen molar-refractivity contribution in [2.45, 2.75) is 0 Å². The van der Waals surface area contributed by atoms with E-state index in [1.54, 1.807) is 0 Å². The van der Waals surface area contributed by atoms with E-state index < -0.39 is 40.4 Å². The monoisotopic (exact) mass is 425 g/mol. The second-order valence-corrected chi connectivity index (χ2v) is 5.77. The molecule has 0 saturated carbocycles. The maximum absolute atomic E-state index is 13.6. The topological polar surface area (TPSA) is 29.1 Å². The van der Waals surface area contributed by atoms with Gasteiger partial charge in [-0.05, 0) is 24.3 Å². The lowest BCUT2D eigenvalue weighted by Gasteiger charge is -2.10. The SMILES string of the molecule is O=C(Nc1c(F)cc(Br)cc1F)c1c(F)cc(Br)cc1F. The first kappa shape index (κ1) is 16.0. The predicted octanol–water partition coefficient (Wildman–Crippen LogP) is 5.02. The zero-order valence-corrected chi connectivity index (χ0v) is 13.2. The van der Waals surface area contributed by atoms with Gasteiger partial charge >= 0.3 is 0 Å². The van der Waals surface area contributed by atoms with Crippen LogP contribution in [0.15, 0.2) is 33.2 Å². The van der Waals surface area contributed by atoms with Crippen LogP contribution in [0.2, 0.25) is 0 Å². The van der Waals surface area contributed by atoms with Crippen LogP contribution in [0.25, 0.3) is 0 Å². The Balaban J connectivity index is 2.40. The number of amides is 1. The summed E-state index contributed by atoms with van der Waals surface area (Å²) in [5, 5.41) is 1.82. The van der Waals surface area contributed by atoms with E-state index in [-0.39, 0.29) is 8.95 Å². The first-order valence-corrected chi connectivity index (χ1v) is 6.98. The van der Waals surface area contributed by atoms with Crippen molar-refractivity contribution >= 4 is 43.5 Å². The standard InChI is InChI=1S/C13H5Br2F4NO/c14-5-1-7(16)11(8(17)2-5)13(21)20-12-9(18)3-6(15)4-10(12)19/h1-4H,(H,20,21). The Hall–Kier alpha value is -1.41. The van der Waals surface area contributed by atoms with Gasteiger partial charge in [-0.1, -0.05) is 31.9 Å². The van der Waals surface area contributed by atoms with Gasteiger partial charge in [0, 0.05) is 8.95 Å². The van der Waals surface area contributed by atoms with Crippen molar-refractivity contribution in [1.29, 1.82) is 0 Å². The predicted molar refractivity (Wildman–Crippen MR) is 76.1 cm³/mol. The molecule has 1 N–H and O–H groups in total. The van der Waals surface area contributed by atoms with Gasteiger partial charge in [-0.15, -0.1) is 0 Å². The molecule has 21 heavy (non-hydrogen) atoms. The number of carbonyl (C=O) groups excluding carboxylic acids is 1. The zero-order valence-electron chi connectivity index (χ0n) is 9.99. The van der Waals surface area contributed by atoms with Crippen LogP contribution in [0, 0.1) is 23.3 Å². The van der Waals surface area contributed by atoms with Crippen molar-refractivity contribution in [1.82, 2.24) is 0 Å². The molecule has 1 amide bonds. The molecule has 0 atom stereocenters. The molecule has 0 fully saturated rings. The molecule has 2 rings (SSSR count). The van der Waals surface area contributed by atoms with Crippen LogP contribution in [0.5, 0.6) is 0 Å². The number of hydrogen-bond donors (Lipinski definition) is 1. The Morgan fingerprint density at radius 1 is 0.810 bits per heavy atom. The normalized spacial score (nSPS) is 10.6. The summed E-state index contributed by atoms with van der Waals surface area (Å²) in [5.41, 5.74) is -1.72. The quantitative estimate of drug-likeness (QED) is 0.671. The third-order valence-corrected chi connectivity index (χ3v) is 3.40. The molecule has 0 saturated heterocycles. The van der Waals surface area contributed by atoms with Crippen LogP contribution in [0.3, 0.4) is 0 Å². The lowest BCUT2D eigenvalue weighted by molar-refractivity contribution is 0.101. The summed E-state index contributed by atoms with van der Waals surface area (Å²) >= 11 is 5.73. The van der Waals surface area contributed by atoms with E-state index in [4.69, 9.17) is 0 Å². The molecule has 2 aromatic rings. The maximum atomic E-state index is 13.6. The van der Waals surface area contributed by atoms with Crippen molar-refractivity contribution < 1.29 is 22.4 Å². The molecule has 0 bridgehead atoms. The average molecular weight is 427 g/mol. The molecule has 0 heterocycles. The summed E-state index contributed by atoms with van der Waals surface area (Å²) in [7, 11) is 0. The largest absolute Gasteiger partial charge is 0.317 e. The van der Waals surface area contributed by atoms with E-state index in [9.17, 15) is 22.4 Å². The van der Waals surface area contributed by atoms with E-state index in [1.807, 2.05) is 5.32 Å². The third-order valence-electron chi connectivity index (χ3n) is 2.48. The van der Waals surface area contributed by atoms with Crippen molar-refractivity contribution in [2.75, 3.05) is 5.32 Å². The van der Waals surface area contributed by atoms with Crippen LogP contribution >= 0.6 is 31.9 Å². The summed E-state index contributed by atoms with van der Waals surface area (Å²) in [6.45, 7) is 0. The van der Waals surface area contributed by atoms with Crippen molar-refractivity contribution in [2.24, 2.45) is 0 Å². The molecule has 0 unspecified atom stereocenters. The summed E-state index contributed by atoms with van der Waals surface area (Å²) in [6, 6.07) is 3.55. The fourth-order valence-electron chi connectivity index (χ4n) is 1.60. The number of halogens is 6. The van der Waals surface area contributed by atoms with E-state index in [2.05, 4.69) is 31.9 Å². The maximum Gasteiger partial charge on any atom is 0.261 e. The fraction of sp³-hybridized carbons (Fsp3) is 0. The van der Waals surface area contributed by atoms with Gasteiger partial charge in [0.05, 0.1) is 0 Å². The zero-order chi connectivity index (χ0) is 15.7. The second kappa shape index (κ2) is 6.15. The van der Waals surface area contributed by atoms with Gasteiger partial charge in [0.15, 0.2) is 11.6 Å². The highest BCUT2D eigenvalue weighted by atomic mass is 79.9. The lowest BCUT2D eigenvalue weighted by atomic mass is 10.1. The van der Waals surface area contributed by atoms with Crippen molar-refractivity contribution in [3.63, 3.8) is 0 Å². The molecular formula is C13H5Br2F4NO. The van der Waals surface area contributed by atoms with Gasteiger partial charge in [0.2, 0.25) is 0 Å². The van der Waals surface area contributed by atoms with Gasteiger partial charge < -0.3 is 5.32 Å². The van der Waals surface area contributed by atoms with Crippen LogP contribution in [-0.2, 0) is 0 Å². The number of carbonyl (C=O) groups is 1. The Morgan fingerprint density at radius 2 is 1.19 bits per heavy atom. The van der Waals surface area contributed by atoms with Gasteiger partial charge in [0.25, 0.3) is 5.91 Å². The number of anilines is 1. The minimum Gasteiger partial charge on any atom is -0.317 e. The third kappa shape index (κ3) is 3.44. The lowest BCUT2D eigenvalue weighted by Crippen LogP contribution is -2.17. The van der Waals surface area contributed by atoms with Crippen LogP contribution in [0.1, 0.15) is 10.4 Å². The fourth-order valence-corrected chi connectivity index (χ4v) is 2.40. The van der Waals surface area contributed by atoms with Crippen molar-refractivity contribution in [3.8, 4) is 0 Å². The Labute approximate surface area is 133 Å². The first-order valence-electron chi connectivity index (χ1n) is 5.40. The van der Waals surface area contributed by atoms with Crippen LogP contribution < -0.4 is 5.32 Å². The van der Waals surface area contributed by atoms with Crippen LogP contribution in [-0.4, -0.2) is 5.91 Å². The van der Waals surface area contributed by atoms with Gasteiger partial charge in [-0.25, -0.2) is 17.6 Å². The minimum absolute atomic E-state index is 0.0926. The Morgan fingerprint density at radius 3 is 1.62 bits per heavy atom. The Bertz CT molecular complexity index is 690. The highest BCUT2D eigenvalue weighted by molar-refractivity contribution is 9.10. The molecule has 0 aromatic heterocycles. The molecule has 2 aromatic carbocycles. The number of hydrogen-bond acceptors (Lipinski definition) is 1. The van der Waals surface area contributed by atoms with Gasteiger partial charge in [-0.3, -0.25) is 4.79 Å². The van der Waals surface area contributed by atoms with Gasteiger partial charge in [-0.2, -0.15) is 0 Å². The molecule has 0 spiro atoms. The highest BCUT2D eigenvalue weighted by Gasteiger charge is 2.21. The number of benzene rings is 2. The summed E-state index contributed by atoms with van der Waals surface area (Å²) in [6.07, 6.45) is 0. The molecule has 110 valence electrons. The average Bonchev–Trinajstić information content (AvgIpc) is 2.32. The molecular weight excluding hydrogens is 422 g/mol. The number of nitrogens with one attached hydrogen (secondary N) is 1. The number of rotatable bonds is 2. The molecule has 2 nitrogen and oxygen atoms in total. The highest BCUT2D eigenvalue weighted by Crippen LogP contribution is 2.26.